The second-order valence-corrected chi connectivity index (χ2v) is 11.2. The van der Waals surface area contributed by atoms with Crippen molar-refractivity contribution in [2.24, 2.45) is 5.41 Å². The minimum Gasteiger partial charge on any atom is -0.384 e. The van der Waals surface area contributed by atoms with Crippen molar-refractivity contribution >= 4 is 57.4 Å². The molecule has 3 N–H and O–H groups in total. The Morgan fingerprint density at radius 3 is 2.51 bits per heavy atom. The van der Waals surface area contributed by atoms with Crippen LogP contribution in [-0.4, -0.2) is 57.1 Å². The van der Waals surface area contributed by atoms with Gasteiger partial charge in [0.1, 0.15) is 5.82 Å². The van der Waals surface area contributed by atoms with Gasteiger partial charge in [-0.2, -0.15) is 9.97 Å². The standard InChI is InChI=1S/C28H30Cl2N8O/c1-2-36-14-12-28(16-36)11-4-13-37(17-28)19-9-7-18(8-10-19)33-26-32-15-20-24(31)38(27(39)35-25(20)34-26)23-21(29)5-3-6-22(23)30/h3,5-10,15H,2,4,11-14,16-17,31H2,1H3,(H,33,34,35,39). The molecule has 2 aromatic carbocycles. The Morgan fingerprint density at radius 2 is 1.79 bits per heavy atom. The summed E-state index contributed by atoms with van der Waals surface area (Å²) in [6.07, 6.45) is 5.36. The molecule has 2 saturated heterocycles. The van der Waals surface area contributed by atoms with Crippen LogP contribution in [0.25, 0.3) is 16.7 Å². The summed E-state index contributed by atoms with van der Waals surface area (Å²) in [4.78, 5) is 31.0. The number of piperidine rings is 1. The molecule has 0 saturated carbocycles. The van der Waals surface area contributed by atoms with E-state index in [-0.39, 0.29) is 27.2 Å². The molecular weight excluding hydrogens is 535 g/mol. The summed E-state index contributed by atoms with van der Waals surface area (Å²) in [5.74, 6) is 0.428. The number of para-hydroxylation sites is 1. The number of hydrogen-bond donors (Lipinski definition) is 2. The van der Waals surface area contributed by atoms with Crippen molar-refractivity contribution < 1.29 is 0 Å². The highest BCUT2D eigenvalue weighted by Gasteiger charge is 2.40. The van der Waals surface area contributed by atoms with Crippen LogP contribution in [0, 0.1) is 5.41 Å². The van der Waals surface area contributed by atoms with Crippen molar-refractivity contribution in [2.75, 3.05) is 48.7 Å². The van der Waals surface area contributed by atoms with E-state index >= 15 is 0 Å². The Balaban J connectivity index is 1.22. The zero-order valence-corrected chi connectivity index (χ0v) is 23.2. The molecule has 0 aliphatic carbocycles. The van der Waals surface area contributed by atoms with Gasteiger partial charge in [0.25, 0.3) is 0 Å². The molecule has 9 nitrogen and oxygen atoms in total. The average molecular weight is 566 g/mol. The first-order chi connectivity index (χ1) is 18.9. The van der Waals surface area contributed by atoms with E-state index < -0.39 is 5.69 Å². The molecule has 0 bridgehead atoms. The number of fused-ring (bicyclic) bond motifs is 1. The maximum Gasteiger partial charge on any atom is 0.355 e. The molecule has 1 spiro atoms. The van der Waals surface area contributed by atoms with Crippen LogP contribution in [0.15, 0.2) is 53.5 Å². The number of benzene rings is 2. The normalized spacial score (nSPS) is 19.7. The molecule has 6 rings (SSSR count). The number of aromatic nitrogens is 4. The lowest BCUT2D eigenvalue weighted by atomic mass is 9.79. The SMILES string of the molecule is CCN1CCC2(CCCN(c3ccc(Nc4ncc5c(N)n(-c6c(Cl)cccc6Cl)c(=O)nc5n4)cc3)C2)C1. The second kappa shape index (κ2) is 10.3. The topological polar surface area (TPSA) is 105 Å². The lowest BCUT2D eigenvalue weighted by molar-refractivity contribution is 0.224. The van der Waals surface area contributed by atoms with Gasteiger partial charge in [-0.3, -0.25) is 0 Å². The first-order valence-electron chi connectivity index (χ1n) is 13.2. The third-order valence-corrected chi connectivity index (χ3v) is 8.56. The number of rotatable bonds is 5. The Morgan fingerprint density at radius 1 is 1.03 bits per heavy atom. The summed E-state index contributed by atoms with van der Waals surface area (Å²) in [6.45, 7) is 7.98. The van der Waals surface area contributed by atoms with Crippen LogP contribution in [0.3, 0.4) is 0 Å². The fourth-order valence-electron chi connectivity index (χ4n) is 5.93. The van der Waals surface area contributed by atoms with Crippen LogP contribution in [0.5, 0.6) is 0 Å². The van der Waals surface area contributed by atoms with E-state index in [1.165, 1.54) is 48.8 Å². The van der Waals surface area contributed by atoms with E-state index in [4.69, 9.17) is 28.9 Å². The summed E-state index contributed by atoms with van der Waals surface area (Å²) < 4.78 is 1.18. The van der Waals surface area contributed by atoms with Gasteiger partial charge in [0.2, 0.25) is 5.95 Å². The monoisotopic (exact) mass is 564 g/mol. The molecule has 2 aliphatic heterocycles. The van der Waals surface area contributed by atoms with Gasteiger partial charge in [-0.15, -0.1) is 0 Å². The van der Waals surface area contributed by atoms with Gasteiger partial charge in [-0.25, -0.2) is 14.3 Å². The van der Waals surface area contributed by atoms with E-state index in [0.717, 1.165) is 25.3 Å². The molecule has 2 aromatic heterocycles. The van der Waals surface area contributed by atoms with E-state index in [0.29, 0.717) is 16.7 Å². The van der Waals surface area contributed by atoms with Crippen LogP contribution in [0.1, 0.15) is 26.2 Å². The molecule has 11 heteroatoms. The van der Waals surface area contributed by atoms with Crippen molar-refractivity contribution in [1.82, 2.24) is 24.4 Å². The number of halogens is 2. The Kier molecular flexibility index (Phi) is 6.82. The highest BCUT2D eigenvalue weighted by atomic mass is 35.5. The summed E-state index contributed by atoms with van der Waals surface area (Å²) >= 11 is 12.6. The first kappa shape index (κ1) is 25.9. The summed E-state index contributed by atoms with van der Waals surface area (Å²) in [5, 5.41) is 4.19. The molecule has 4 aromatic rings. The minimum atomic E-state index is -0.632. The molecule has 1 unspecified atom stereocenters. The lowest BCUT2D eigenvalue weighted by Gasteiger charge is -2.41. The Labute approximate surface area is 236 Å². The van der Waals surface area contributed by atoms with Crippen LogP contribution in [0.2, 0.25) is 10.0 Å². The molecule has 2 aliphatic rings. The second-order valence-electron chi connectivity index (χ2n) is 10.4. The number of nitrogens with one attached hydrogen (secondary N) is 1. The van der Waals surface area contributed by atoms with Gasteiger partial charge >= 0.3 is 5.69 Å². The number of nitrogen functional groups attached to an aromatic ring is 1. The van der Waals surface area contributed by atoms with Crippen LogP contribution in [-0.2, 0) is 0 Å². The lowest BCUT2D eigenvalue weighted by Crippen LogP contribution is -2.44. The molecule has 39 heavy (non-hydrogen) atoms. The number of likely N-dealkylation sites (tertiary alicyclic amines) is 1. The number of hydrogen-bond acceptors (Lipinski definition) is 8. The molecular formula is C28H30Cl2N8O. The number of anilines is 4. The van der Waals surface area contributed by atoms with Crippen molar-refractivity contribution in [1.29, 1.82) is 0 Å². The number of nitrogens with two attached hydrogens (primary N) is 1. The van der Waals surface area contributed by atoms with Crippen LogP contribution in [0.4, 0.5) is 23.1 Å². The molecule has 0 radical (unpaired) electrons. The van der Waals surface area contributed by atoms with Crippen molar-refractivity contribution in [2.45, 2.75) is 26.2 Å². The highest BCUT2D eigenvalue weighted by Crippen LogP contribution is 2.40. The number of nitrogens with zero attached hydrogens (tertiary/aromatic N) is 6. The fourth-order valence-corrected chi connectivity index (χ4v) is 6.49. The zero-order valence-electron chi connectivity index (χ0n) is 21.7. The predicted molar refractivity (Wildman–Crippen MR) is 158 cm³/mol. The van der Waals surface area contributed by atoms with Crippen LogP contribution < -0.4 is 21.6 Å². The van der Waals surface area contributed by atoms with E-state index in [9.17, 15) is 4.79 Å². The smallest absolute Gasteiger partial charge is 0.355 e. The molecule has 1 atom stereocenters. The summed E-state index contributed by atoms with van der Waals surface area (Å²) in [5.41, 5.74) is 8.64. The predicted octanol–water partition coefficient (Wildman–Crippen LogP) is 5.12. The van der Waals surface area contributed by atoms with Gasteiger partial charge in [0, 0.05) is 42.6 Å². The minimum absolute atomic E-state index is 0.111. The largest absolute Gasteiger partial charge is 0.384 e. The third kappa shape index (κ3) is 4.90. The summed E-state index contributed by atoms with van der Waals surface area (Å²) in [6, 6.07) is 13.3. The Bertz CT molecular complexity index is 1570. The molecule has 0 amide bonds. The molecule has 202 valence electrons. The van der Waals surface area contributed by atoms with Gasteiger partial charge in [0.15, 0.2) is 5.65 Å². The van der Waals surface area contributed by atoms with Crippen molar-refractivity contribution in [3.05, 3.63) is 69.2 Å². The van der Waals surface area contributed by atoms with E-state index in [2.05, 4.69) is 49.1 Å². The van der Waals surface area contributed by atoms with Gasteiger partial charge in [-0.1, -0.05) is 36.2 Å². The molecule has 4 heterocycles. The zero-order chi connectivity index (χ0) is 27.1. The summed E-state index contributed by atoms with van der Waals surface area (Å²) in [7, 11) is 0. The average Bonchev–Trinajstić information content (AvgIpc) is 3.32. The van der Waals surface area contributed by atoms with Gasteiger partial charge in [-0.05, 0) is 68.8 Å². The Hall–Kier alpha value is -3.40. The first-order valence-corrected chi connectivity index (χ1v) is 14.0. The van der Waals surface area contributed by atoms with Crippen LogP contribution >= 0.6 is 23.2 Å². The highest BCUT2D eigenvalue weighted by molar-refractivity contribution is 6.37. The molecule has 2 fully saturated rings. The maximum absolute atomic E-state index is 12.9. The van der Waals surface area contributed by atoms with Crippen molar-refractivity contribution in [3.8, 4) is 5.69 Å². The fraction of sp³-hybridized carbons (Fsp3) is 0.357. The van der Waals surface area contributed by atoms with Crippen molar-refractivity contribution in [3.63, 3.8) is 0 Å². The third-order valence-electron chi connectivity index (χ3n) is 7.95. The van der Waals surface area contributed by atoms with Gasteiger partial charge < -0.3 is 20.9 Å². The van der Waals surface area contributed by atoms with Gasteiger partial charge in [0.05, 0.1) is 21.1 Å². The quantitative estimate of drug-likeness (QED) is 0.344. The maximum atomic E-state index is 12.9. The van der Waals surface area contributed by atoms with E-state index in [1.807, 2.05) is 12.1 Å². The van der Waals surface area contributed by atoms with E-state index in [1.54, 1.807) is 18.2 Å².